The molecular formula is C10H12NNaO2. The predicted octanol–water partition coefficient (Wildman–Crippen LogP) is 0.707. The molecule has 1 aromatic rings. The number of carboxylic acid groups (broad SMARTS) is 1. The van der Waals surface area contributed by atoms with Gasteiger partial charge in [-0.3, -0.25) is 4.79 Å². The van der Waals surface area contributed by atoms with Crippen molar-refractivity contribution in [2.24, 2.45) is 5.92 Å². The number of para-hydroxylation sites is 1. The second-order valence-electron chi connectivity index (χ2n) is 3.28. The van der Waals surface area contributed by atoms with E-state index >= 15 is 0 Å². The summed E-state index contributed by atoms with van der Waals surface area (Å²) < 4.78 is 0. The third-order valence-electron chi connectivity index (χ3n) is 2.37. The Morgan fingerprint density at radius 1 is 1.43 bits per heavy atom. The van der Waals surface area contributed by atoms with Gasteiger partial charge in [0.2, 0.25) is 0 Å². The van der Waals surface area contributed by atoms with Gasteiger partial charge in [-0.1, -0.05) is 18.2 Å². The quantitative estimate of drug-likeness (QED) is 0.658. The molecule has 0 saturated carbocycles. The molecule has 0 spiro atoms. The molecule has 14 heavy (non-hydrogen) atoms. The summed E-state index contributed by atoms with van der Waals surface area (Å²) >= 11 is 0. The summed E-state index contributed by atoms with van der Waals surface area (Å²) in [6, 6.07) is 7.84. The van der Waals surface area contributed by atoms with E-state index in [1.54, 1.807) is 0 Å². The van der Waals surface area contributed by atoms with Gasteiger partial charge < -0.3 is 10.4 Å². The Bertz CT molecular complexity index is 341. The third kappa shape index (κ3) is 2.29. The van der Waals surface area contributed by atoms with Crippen LogP contribution >= 0.6 is 0 Å². The van der Waals surface area contributed by atoms with E-state index in [4.69, 9.17) is 5.11 Å². The van der Waals surface area contributed by atoms with Gasteiger partial charge >= 0.3 is 35.5 Å². The van der Waals surface area contributed by atoms with Crippen molar-refractivity contribution < 1.29 is 9.90 Å². The van der Waals surface area contributed by atoms with Crippen LogP contribution in [-0.4, -0.2) is 47.2 Å². The van der Waals surface area contributed by atoms with Gasteiger partial charge in [-0.25, -0.2) is 0 Å². The molecule has 4 heteroatoms. The van der Waals surface area contributed by atoms with Crippen LogP contribution < -0.4 is 5.32 Å². The molecule has 1 aromatic carbocycles. The Morgan fingerprint density at radius 2 is 2.14 bits per heavy atom. The standard InChI is InChI=1S/C10H11NO2.Na.H/c12-10(13)8-5-7-3-1-2-4-9(7)11-6-8;;/h1-4,8,11H,5-6H2,(H,12,13);;. The summed E-state index contributed by atoms with van der Waals surface area (Å²) in [6.45, 7) is 0.534. The van der Waals surface area contributed by atoms with E-state index in [1.165, 1.54) is 0 Å². The van der Waals surface area contributed by atoms with Gasteiger partial charge in [0.15, 0.2) is 0 Å². The molecule has 0 bridgehead atoms. The van der Waals surface area contributed by atoms with Gasteiger partial charge in [-0.15, -0.1) is 0 Å². The van der Waals surface area contributed by atoms with Crippen LogP contribution in [0.25, 0.3) is 0 Å². The van der Waals surface area contributed by atoms with Crippen molar-refractivity contribution in [1.82, 2.24) is 0 Å². The van der Waals surface area contributed by atoms with Gasteiger partial charge in [-0.2, -0.15) is 0 Å². The van der Waals surface area contributed by atoms with Crippen molar-refractivity contribution in [3.05, 3.63) is 29.8 Å². The summed E-state index contributed by atoms with van der Waals surface area (Å²) in [5.41, 5.74) is 2.17. The molecule has 0 aliphatic carbocycles. The van der Waals surface area contributed by atoms with Gasteiger partial charge in [0.05, 0.1) is 5.92 Å². The first-order valence-electron chi connectivity index (χ1n) is 4.32. The predicted molar refractivity (Wildman–Crippen MR) is 56.9 cm³/mol. The van der Waals surface area contributed by atoms with E-state index in [0.29, 0.717) is 13.0 Å². The fourth-order valence-corrected chi connectivity index (χ4v) is 1.62. The molecule has 0 aromatic heterocycles. The molecule has 1 aliphatic heterocycles. The first-order valence-corrected chi connectivity index (χ1v) is 4.32. The van der Waals surface area contributed by atoms with Gasteiger partial charge in [0.1, 0.15) is 0 Å². The number of benzene rings is 1. The summed E-state index contributed by atoms with van der Waals surface area (Å²) in [6.07, 6.45) is 0.637. The van der Waals surface area contributed by atoms with Crippen LogP contribution in [0.1, 0.15) is 5.56 Å². The van der Waals surface area contributed by atoms with Crippen LogP contribution in [-0.2, 0) is 11.2 Å². The number of rotatable bonds is 1. The van der Waals surface area contributed by atoms with Crippen molar-refractivity contribution in [3.63, 3.8) is 0 Å². The second-order valence-corrected chi connectivity index (χ2v) is 3.28. The summed E-state index contributed by atoms with van der Waals surface area (Å²) in [5.74, 6) is -1.00. The van der Waals surface area contributed by atoms with E-state index in [0.717, 1.165) is 11.3 Å². The molecule has 0 fully saturated rings. The van der Waals surface area contributed by atoms with Crippen molar-refractivity contribution in [2.75, 3.05) is 11.9 Å². The molecule has 2 N–H and O–H groups in total. The molecule has 0 radical (unpaired) electrons. The van der Waals surface area contributed by atoms with Crippen LogP contribution in [0.4, 0.5) is 5.69 Å². The molecule has 1 atom stereocenters. The Morgan fingerprint density at radius 3 is 2.86 bits per heavy atom. The van der Waals surface area contributed by atoms with Gasteiger partial charge in [0, 0.05) is 12.2 Å². The van der Waals surface area contributed by atoms with Crippen LogP contribution in [0.2, 0.25) is 0 Å². The number of carbonyl (C=O) groups is 1. The van der Waals surface area contributed by atoms with E-state index in [9.17, 15) is 4.79 Å². The molecule has 1 heterocycles. The van der Waals surface area contributed by atoms with Crippen LogP contribution in [0, 0.1) is 5.92 Å². The normalized spacial score (nSPS) is 18.7. The van der Waals surface area contributed by atoms with E-state index in [2.05, 4.69) is 5.32 Å². The number of hydrogen-bond donors (Lipinski definition) is 2. The van der Waals surface area contributed by atoms with E-state index in [-0.39, 0.29) is 35.5 Å². The molecule has 1 unspecified atom stereocenters. The average Bonchev–Trinajstić information content (AvgIpc) is 2.17. The first-order chi connectivity index (χ1) is 6.27. The monoisotopic (exact) mass is 201 g/mol. The SMILES string of the molecule is O=C(O)C1CNc2ccccc2C1.[NaH]. The topological polar surface area (TPSA) is 49.3 Å². The molecule has 1 aliphatic rings. The van der Waals surface area contributed by atoms with Gasteiger partial charge in [-0.05, 0) is 18.1 Å². The first kappa shape index (κ1) is 11.6. The maximum absolute atomic E-state index is 10.7. The maximum atomic E-state index is 10.7. The van der Waals surface area contributed by atoms with Crippen LogP contribution in [0.3, 0.4) is 0 Å². The molecule has 3 nitrogen and oxygen atoms in total. The zero-order chi connectivity index (χ0) is 9.26. The summed E-state index contributed by atoms with van der Waals surface area (Å²) in [4.78, 5) is 10.7. The third-order valence-corrected chi connectivity index (χ3v) is 2.37. The summed E-state index contributed by atoms with van der Waals surface area (Å²) in [7, 11) is 0. The second kappa shape index (κ2) is 4.82. The van der Waals surface area contributed by atoms with E-state index < -0.39 is 5.97 Å². The molecular weight excluding hydrogens is 189 g/mol. The number of anilines is 1. The number of carboxylic acids is 1. The Labute approximate surface area is 105 Å². The fraction of sp³-hybridized carbons (Fsp3) is 0.300. The molecule has 2 rings (SSSR count). The van der Waals surface area contributed by atoms with Crippen molar-refractivity contribution in [2.45, 2.75) is 6.42 Å². The average molecular weight is 201 g/mol. The molecule has 70 valence electrons. The van der Waals surface area contributed by atoms with Crippen molar-refractivity contribution in [3.8, 4) is 0 Å². The minimum absolute atomic E-state index is 0. The zero-order valence-corrected chi connectivity index (χ0v) is 7.16. The van der Waals surface area contributed by atoms with Crippen molar-refractivity contribution >= 4 is 41.2 Å². The molecule has 0 saturated heterocycles. The fourth-order valence-electron chi connectivity index (χ4n) is 1.62. The number of fused-ring (bicyclic) bond motifs is 1. The Kier molecular flexibility index (Phi) is 3.98. The van der Waals surface area contributed by atoms with Crippen LogP contribution in [0.5, 0.6) is 0 Å². The number of aliphatic carboxylic acids is 1. The number of nitrogens with one attached hydrogen (secondary N) is 1. The van der Waals surface area contributed by atoms with Crippen LogP contribution in [0.15, 0.2) is 24.3 Å². The van der Waals surface area contributed by atoms with Crippen molar-refractivity contribution in [1.29, 1.82) is 0 Å². The minimum atomic E-state index is -0.720. The zero-order valence-electron chi connectivity index (χ0n) is 7.16. The number of hydrogen-bond acceptors (Lipinski definition) is 2. The van der Waals surface area contributed by atoms with E-state index in [1.807, 2.05) is 24.3 Å². The Balaban J connectivity index is 0.000000980. The summed E-state index contributed by atoms with van der Waals surface area (Å²) in [5, 5.41) is 11.9. The molecule has 0 amide bonds. The van der Waals surface area contributed by atoms with Gasteiger partial charge in [0.25, 0.3) is 0 Å². The Hall–Kier alpha value is -0.510.